The van der Waals surface area contributed by atoms with Gasteiger partial charge >= 0.3 is 0 Å². The quantitative estimate of drug-likeness (QED) is 0.569. The van der Waals surface area contributed by atoms with Gasteiger partial charge in [0.25, 0.3) is 11.6 Å². The standard InChI is InChI=1S/C23H26N4O4/c28-23(24-18-7-8-18)17-6-9-19(20(12-17)27(29)30)26-14-21-22(15-26)31-11-10-25(21)13-16-4-2-1-3-5-16/h1-6,9,12,18,21-22H,7-8,10-11,13-15H2,(H,24,28). The fourth-order valence-corrected chi connectivity index (χ4v) is 4.54. The average Bonchev–Trinajstić information content (AvgIpc) is 3.48. The van der Waals surface area contributed by atoms with Gasteiger partial charge in [-0.2, -0.15) is 0 Å². The maximum atomic E-state index is 12.4. The van der Waals surface area contributed by atoms with Crippen molar-refractivity contribution in [2.24, 2.45) is 0 Å². The van der Waals surface area contributed by atoms with Gasteiger partial charge in [0.1, 0.15) is 5.69 Å². The smallest absolute Gasteiger partial charge is 0.293 e. The zero-order chi connectivity index (χ0) is 21.4. The van der Waals surface area contributed by atoms with E-state index < -0.39 is 4.92 Å². The number of hydrogen-bond acceptors (Lipinski definition) is 6. The molecule has 1 amide bonds. The third-order valence-corrected chi connectivity index (χ3v) is 6.33. The topological polar surface area (TPSA) is 88.0 Å². The van der Waals surface area contributed by atoms with Crippen LogP contribution in [0.3, 0.4) is 0 Å². The molecule has 0 bridgehead atoms. The fraction of sp³-hybridized carbons (Fsp3) is 0.435. The molecule has 3 fully saturated rings. The molecule has 8 nitrogen and oxygen atoms in total. The van der Waals surface area contributed by atoms with E-state index in [-0.39, 0.29) is 29.8 Å². The van der Waals surface area contributed by atoms with Gasteiger partial charge in [-0.05, 0) is 30.5 Å². The summed E-state index contributed by atoms with van der Waals surface area (Å²) in [5.74, 6) is -0.246. The Morgan fingerprint density at radius 2 is 1.97 bits per heavy atom. The Bertz CT molecular complexity index is 979. The summed E-state index contributed by atoms with van der Waals surface area (Å²) in [7, 11) is 0. The summed E-state index contributed by atoms with van der Waals surface area (Å²) >= 11 is 0. The highest BCUT2D eigenvalue weighted by Crippen LogP contribution is 2.35. The van der Waals surface area contributed by atoms with Crippen LogP contribution in [0.4, 0.5) is 11.4 Å². The van der Waals surface area contributed by atoms with Gasteiger partial charge in [-0.1, -0.05) is 30.3 Å². The Morgan fingerprint density at radius 1 is 1.16 bits per heavy atom. The lowest BCUT2D eigenvalue weighted by Gasteiger charge is -2.36. The molecule has 2 saturated heterocycles. The lowest BCUT2D eigenvalue weighted by molar-refractivity contribution is -0.384. The molecule has 0 spiro atoms. The fourth-order valence-electron chi connectivity index (χ4n) is 4.54. The number of carbonyl (C=O) groups excluding carboxylic acids is 1. The molecular weight excluding hydrogens is 396 g/mol. The second-order valence-corrected chi connectivity index (χ2v) is 8.55. The summed E-state index contributed by atoms with van der Waals surface area (Å²) in [6.45, 7) is 3.59. The van der Waals surface area contributed by atoms with Crippen LogP contribution in [-0.4, -0.2) is 60.2 Å². The molecule has 1 aliphatic carbocycles. The van der Waals surface area contributed by atoms with Gasteiger partial charge < -0.3 is 15.0 Å². The molecule has 2 aromatic carbocycles. The van der Waals surface area contributed by atoms with Crippen LogP contribution in [0.25, 0.3) is 0 Å². The number of carbonyl (C=O) groups is 1. The molecule has 2 aromatic rings. The first-order chi connectivity index (χ1) is 15.1. The summed E-state index contributed by atoms with van der Waals surface area (Å²) < 4.78 is 6.02. The molecule has 162 valence electrons. The summed E-state index contributed by atoms with van der Waals surface area (Å²) in [5.41, 5.74) is 2.10. The number of ether oxygens (including phenoxy) is 1. The molecule has 0 aromatic heterocycles. The molecule has 31 heavy (non-hydrogen) atoms. The number of nitro benzene ring substituents is 1. The number of hydrogen-bond donors (Lipinski definition) is 1. The molecule has 2 heterocycles. The summed E-state index contributed by atoms with van der Waals surface area (Å²) in [6, 6.07) is 15.5. The third kappa shape index (κ3) is 4.26. The molecule has 1 N–H and O–H groups in total. The van der Waals surface area contributed by atoms with Gasteiger partial charge in [-0.25, -0.2) is 0 Å². The minimum atomic E-state index is -0.395. The van der Waals surface area contributed by atoms with Crippen LogP contribution in [0.1, 0.15) is 28.8 Å². The number of nitrogens with one attached hydrogen (secondary N) is 1. The van der Waals surface area contributed by atoms with Crippen LogP contribution in [0.2, 0.25) is 0 Å². The maximum absolute atomic E-state index is 12.4. The van der Waals surface area contributed by atoms with Crippen molar-refractivity contribution in [3.8, 4) is 0 Å². The van der Waals surface area contributed by atoms with Gasteiger partial charge in [0.05, 0.1) is 23.7 Å². The highest BCUT2D eigenvalue weighted by atomic mass is 16.6. The Kier molecular flexibility index (Phi) is 5.33. The Hall–Kier alpha value is -2.97. The maximum Gasteiger partial charge on any atom is 0.293 e. The molecule has 3 aliphatic rings. The van der Waals surface area contributed by atoms with Crippen LogP contribution in [0, 0.1) is 10.1 Å². The first-order valence-corrected chi connectivity index (χ1v) is 10.8. The van der Waals surface area contributed by atoms with Crippen LogP contribution in [-0.2, 0) is 11.3 Å². The zero-order valence-corrected chi connectivity index (χ0v) is 17.3. The molecular formula is C23H26N4O4. The number of fused-ring (bicyclic) bond motifs is 1. The third-order valence-electron chi connectivity index (χ3n) is 6.33. The van der Waals surface area contributed by atoms with Crippen molar-refractivity contribution in [3.63, 3.8) is 0 Å². The van der Waals surface area contributed by atoms with Crippen molar-refractivity contribution in [1.82, 2.24) is 10.2 Å². The van der Waals surface area contributed by atoms with E-state index in [9.17, 15) is 14.9 Å². The van der Waals surface area contributed by atoms with Gasteiger partial charge in [-0.15, -0.1) is 0 Å². The van der Waals surface area contributed by atoms with E-state index in [0.717, 1.165) is 25.9 Å². The van der Waals surface area contributed by atoms with E-state index in [1.165, 1.54) is 11.6 Å². The lowest BCUT2D eigenvalue weighted by Crippen LogP contribution is -2.50. The number of amides is 1. The first-order valence-electron chi connectivity index (χ1n) is 10.8. The van der Waals surface area contributed by atoms with Gasteiger partial charge in [0.2, 0.25) is 0 Å². The average molecular weight is 422 g/mol. The minimum Gasteiger partial charge on any atom is -0.373 e. The van der Waals surface area contributed by atoms with Crippen LogP contribution < -0.4 is 10.2 Å². The molecule has 0 radical (unpaired) electrons. The molecule has 8 heteroatoms. The van der Waals surface area contributed by atoms with E-state index in [1.807, 2.05) is 23.1 Å². The van der Waals surface area contributed by atoms with Crippen LogP contribution in [0.5, 0.6) is 0 Å². The molecule has 2 unspecified atom stereocenters. The monoisotopic (exact) mass is 422 g/mol. The van der Waals surface area contributed by atoms with Crippen molar-refractivity contribution in [3.05, 3.63) is 69.8 Å². The van der Waals surface area contributed by atoms with Gasteiger partial charge in [0, 0.05) is 43.9 Å². The van der Waals surface area contributed by atoms with Crippen molar-refractivity contribution < 1.29 is 14.5 Å². The number of nitrogens with zero attached hydrogens (tertiary/aromatic N) is 3. The molecule has 5 rings (SSSR count). The van der Waals surface area contributed by atoms with E-state index >= 15 is 0 Å². The highest BCUT2D eigenvalue weighted by Gasteiger charge is 2.41. The van der Waals surface area contributed by atoms with E-state index in [4.69, 9.17) is 4.74 Å². The second kappa shape index (κ2) is 8.28. The normalized spacial score (nSPS) is 23.4. The van der Waals surface area contributed by atoms with E-state index in [1.54, 1.807) is 12.1 Å². The Labute approximate surface area is 180 Å². The Morgan fingerprint density at radius 3 is 2.71 bits per heavy atom. The van der Waals surface area contributed by atoms with Crippen LogP contribution >= 0.6 is 0 Å². The largest absolute Gasteiger partial charge is 0.373 e. The highest BCUT2D eigenvalue weighted by molar-refractivity contribution is 5.96. The number of rotatable bonds is 6. The van der Waals surface area contributed by atoms with Crippen LogP contribution in [0.15, 0.2) is 48.5 Å². The van der Waals surface area contributed by atoms with Crippen molar-refractivity contribution in [2.45, 2.75) is 37.6 Å². The summed E-state index contributed by atoms with van der Waals surface area (Å²) in [4.78, 5) is 28.2. The molecule has 2 atom stereocenters. The van der Waals surface area contributed by atoms with Gasteiger partial charge in [-0.3, -0.25) is 19.8 Å². The predicted molar refractivity (Wildman–Crippen MR) is 116 cm³/mol. The predicted octanol–water partition coefficient (Wildman–Crippen LogP) is 2.58. The lowest BCUT2D eigenvalue weighted by atomic mass is 10.1. The number of nitro groups is 1. The number of morpholine rings is 1. The molecule has 1 saturated carbocycles. The second-order valence-electron chi connectivity index (χ2n) is 8.55. The van der Waals surface area contributed by atoms with Gasteiger partial charge in [0.15, 0.2) is 0 Å². The summed E-state index contributed by atoms with van der Waals surface area (Å²) in [5, 5.41) is 14.7. The SMILES string of the molecule is O=C(NC1CC1)c1ccc(N2CC3OCCN(Cc4ccccc4)C3C2)c([N+](=O)[O-])c1. The number of benzene rings is 2. The minimum absolute atomic E-state index is 0.00917. The Balaban J connectivity index is 1.35. The van der Waals surface area contributed by atoms with E-state index in [2.05, 4.69) is 22.3 Å². The van der Waals surface area contributed by atoms with Crippen molar-refractivity contribution >= 4 is 17.3 Å². The number of anilines is 1. The first kappa shape index (κ1) is 20.0. The molecule has 2 aliphatic heterocycles. The van der Waals surface area contributed by atoms with E-state index in [0.29, 0.717) is 30.9 Å². The summed E-state index contributed by atoms with van der Waals surface area (Å²) in [6.07, 6.45) is 1.96. The van der Waals surface area contributed by atoms with Crippen molar-refractivity contribution in [2.75, 3.05) is 31.1 Å². The zero-order valence-electron chi connectivity index (χ0n) is 17.3. The van der Waals surface area contributed by atoms with Crippen molar-refractivity contribution in [1.29, 1.82) is 0 Å².